The second kappa shape index (κ2) is 7.81. The van der Waals surface area contributed by atoms with Crippen molar-refractivity contribution in [2.45, 2.75) is 37.6 Å². The molecular weight excluding hydrogens is 403 g/mol. The van der Waals surface area contributed by atoms with Gasteiger partial charge in [0.2, 0.25) is 0 Å². The van der Waals surface area contributed by atoms with Crippen molar-refractivity contribution in [3.05, 3.63) is 45.1 Å². The van der Waals surface area contributed by atoms with Crippen LogP contribution in [-0.4, -0.2) is 38.8 Å². The molecule has 2 aliphatic rings. The number of halogens is 3. The molecule has 4 nitrogen and oxygen atoms in total. The maximum atomic E-state index is 13.2. The Hall–Kier alpha value is -1.77. The summed E-state index contributed by atoms with van der Waals surface area (Å²) in [6.45, 7) is 2.71. The summed E-state index contributed by atoms with van der Waals surface area (Å²) in [6.07, 6.45) is -2.36. The van der Waals surface area contributed by atoms with E-state index in [0.717, 1.165) is 51.9 Å². The van der Waals surface area contributed by atoms with Crippen LogP contribution in [0.1, 0.15) is 33.7 Å². The minimum absolute atomic E-state index is 0.479. The Labute approximate surface area is 172 Å². The van der Waals surface area contributed by atoms with Gasteiger partial charge in [-0.25, -0.2) is 0 Å². The summed E-state index contributed by atoms with van der Waals surface area (Å²) < 4.78 is 56.4. The van der Waals surface area contributed by atoms with Crippen LogP contribution in [0.5, 0.6) is 11.5 Å². The number of hydrogen-bond acceptors (Lipinski definition) is 5. The fourth-order valence-electron chi connectivity index (χ4n) is 4.23. The lowest BCUT2D eigenvalue weighted by Gasteiger charge is -2.43. The monoisotopic (exact) mass is 427 g/mol. The Morgan fingerprint density at radius 1 is 1.14 bits per heavy atom. The summed E-state index contributed by atoms with van der Waals surface area (Å²) >= 11 is 0.861. The first-order valence-electron chi connectivity index (χ1n) is 9.62. The van der Waals surface area contributed by atoms with Gasteiger partial charge in [-0.15, -0.1) is 11.3 Å². The number of alkyl halides is 3. The van der Waals surface area contributed by atoms with E-state index in [4.69, 9.17) is 14.2 Å². The van der Waals surface area contributed by atoms with E-state index in [0.29, 0.717) is 32.4 Å². The normalized spacial score (nSPS) is 19.2. The number of hydrogen-bond donors (Lipinski definition) is 0. The van der Waals surface area contributed by atoms with Crippen LogP contribution in [0.25, 0.3) is 0 Å². The van der Waals surface area contributed by atoms with Gasteiger partial charge in [-0.3, -0.25) is 4.90 Å². The smallest absolute Gasteiger partial charge is 0.425 e. The molecule has 4 rings (SSSR count). The van der Waals surface area contributed by atoms with E-state index in [1.165, 1.54) is 6.07 Å². The second-order valence-corrected chi connectivity index (χ2v) is 8.56. The molecule has 29 heavy (non-hydrogen) atoms. The summed E-state index contributed by atoms with van der Waals surface area (Å²) in [5.41, 5.74) is 1.28. The van der Waals surface area contributed by atoms with Crippen molar-refractivity contribution in [1.82, 2.24) is 4.90 Å². The van der Waals surface area contributed by atoms with Gasteiger partial charge in [-0.05, 0) is 37.0 Å². The molecule has 0 radical (unpaired) electrons. The zero-order chi connectivity index (χ0) is 20.6. The zero-order valence-electron chi connectivity index (χ0n) is 16.5. The van der Waals surface area contributed by atoms with Gasteiger partial charge >= 0.3 is 6.18 Å². The van der Waals surface area contributed by atoms with Gasteiger partial charge in [0, 0.05) is 36.1 Å². The summed E-state index contributed by atoms with van der Waals surface area (Å²) in [7, 11) is 3.25. The first kappa shape index (κ1) is 20.5. The summed E-state index contributed by atoms with van der Waals surface area (Å²) in [6, 6.07) is 7.08. The predicted octanol–water partition coefficient (Wildman–Crippen LogP) is 4.85. The summed E-state index contributed by atoms with van der Waals surface area (Å²) in [4.78, 5) is 2.56. The molecule has 1 aromatic heterocycles. The van der Waals surface area contributed by atoms with Crippen LogP contribution < -0.4 is 9.47 Å². The van der Waals surface area contributed by atoms with Gasteiger partial charge in [-0.1, -0.05) is 6.07 Å². The summed E-state index contributed by atoms with van der Waals surface area (Å²) in [5.74, 6) is 1.51. The fraction of sp³-hybridized carbons (Fsp3) is 0.524. The van der Waals surface area contributed by atoms with Crippen molar-refractivity contribution in [2.75, 3.05) is 33.9 Å². The highest BCUT2D eigenvalue weighted by molar-refractivity contribution is 7.12. The average molecular weight is 427 g/mol. The molecule has 2 aromatic rings. The Morgan fingerprint density at radius 2 is 1.90 bits per heavy atom. The SMILES string of the molecule is COc1ccc(CN2CCC3(CC2)OCCc2cc(C(F)(F)F)sc23)c(OC)c1. The number of ether oxygens (including phenoxy) is 3. The first-order chi connectivity index (χ1) is 13.8. The van der Waals surface area contributed by atoms with E-state index in [2.05, 4.69) is 4.90 Å². The van der Waals surface area contributed by atoms with Crippen LogP contribution in [0.2, 0.25) is 0 Å². The highest BCUT2D eigenvalue weighted by Gasteiger charge is 2.45. The largest absolute Gasteiger partial charge is 0.497 e. The minimum Gasteiger partial charge on any atom is -0.497 e. The number of nitrogens with zero attached hydrogens (tertiary/aromatic N) is 1. The molecule has 2 aliphatic heterocycles. The van der Waals surface area contributed by atoms with Crippen molar-refractivity contribution >= 4 is 11.3 Å². The number of rotatable bonds is 4. The Bertz CT molecular complexity index is 873. The molecule has 0 atom stereocenters. The number of methoxy groups -OCH3 is 2. The average Bonchev–Trinajstić information content (AvgIpc) is 3.17. The van der Waals surface area contributed by atoms with Crippen LogP contribution >= 0.6 is 11.3 Å². The quantitative estimate of drug-likeness (QED) is 0.698. The minimum atomic E-state index is -4.30. The second-order valence-electron chi connectivity index (χ2n) is 7.51. The fourth-order valence-corrected chi connectivity index (χ4v) is 5.51. The van der Waals surface area contributed by atoms with Crippen LogP contribution in [0.3, 0.4) is 0 Å². The molecule has 1 fully saturated rings. The van der Waals surface area contributed by atoms with Gasteiger partial charge in [-0.2, -0.15) is 13.2 Å². The third-order valence-electron chi connectivity index (χ3n) is 5.80. The molecule has 0 aliphatic carbocycles. The highest BCUT2D eigenvalue weighted by atomic mass is 32.1. The van der Waals surface area contributed by atoms with Crippen molar-refractivity contribution in [3.8, 4) is 11.5 Å². The van der Waals surface area contributed by atoms with Gasteiger partial charge < -0.3 is 14.2 Å². The van der Waals surface area contributed by atoms with Gasteiger partial charge in [0.05, 0.1) is 20.8 Å². The number of likely N-dealkylation sites (tertiary alicyclic amines) is 1. The van der Waals surface area contributed by atoms with E-state index in [9.17, 15) is 13.2 Å². The lowest BCUT2D eigenvalue weighted by atomic mass is 9.85. The number of benzene rings is 1. The standard InChI is InChI=1S/C21H24F3NO3S/c1-26-16-4-3-15(17(12-16)27-2)13-25-8-6-20(7-9-25)19-14(5-10-28-20)11-18(29-19)21(22,23)24/h3-4,11-12H,5-10,13H2,1-2H3. The Kier molecular flexibility index (Phi) is 5.52. The van der Waals surface area contributed by atoms with Gasteiger partial charge in [0.1, 0.15) is 22.0 Å². The first-order valence-corrected chi connectivity index (χ1v) is 10.4. The van der Waals surface area contributed by atoms with E-state index < -0.39 is 16.7 Å². The van der Waals surface area contributed by atoms with Crippen molar-refractivity contribution in [1.29, 1.82) is 0 Å². The van der Waals surface area contributed by atoms with Gasteiger partial charge in [0.15, 0.2) is 0 Å². The maximum Gasteiger partial charge on any atom is 0.425 e. The molecule has 1 aromatic carbocycles. The molecule has 158 valence electrons. The van der Waals surface area contributed by atoms with Crippen LogP contribution in [-0.2, 0) is 29.5 Å². The van der Waals surface area contributed by atoms with E-state index in [1.807, 2.05) is 18.2 Å². The predicted molar refractivity (Wildman–Crippen MR) is 105 cm³/mol. The molecular formula is C21H24F3NO3S. The molecule has 0 bridgehead atoms. The molecule has 0 amide bonds. The summed E-state index contributed by atoms with van der Waals surface area (Å²) in [5, 5.41) is 0. The Balaban J connectivity index is 1.49. The van der Waals surface area contributed by atoms with E-state index >= 15 is 0 Å². The lowest BCUT2D eigenvalue weighted by molar-refractivity contribution is -0.134. The van der Waals surface area contributed by atoms with E-state index in [1.54, 1.807) is 14.2 Å². The number of thiophene rings is 1. The maximum absolute atomic E-state index is 13.2. The van der Waals surface area contributed by atoms with Crippen LogP contribution in [0.4, 0.5) is 13.2 Å². The molecule has 1 saturated heterocycles. The molecule has 0 unspecified atom stereocenters. The molecule has 8 heteroatoms. The third-order valence-corrected chi connectivity index (χ3v) is 7.21. The molecule has 3 heterocycles. The third kappa shape index (κ3) is 3.98. The topological polar surface area (TPSA) is 30.9 Å². The van der Waals surface area contributed by atoms with E-state index in [-0.39, 0.29) is 0 Å². The lowest BCUT2D eigenvalue weighted by Crippen LogP contribution is -2.45. The highest BCUT2D eigenvalue weighted by Crippen LogP contribution is 2.48. The number of piperidine rings is 1. The van der Waals surface area contributed by atoms with Crippen LogP contribution in [0, 0.1) is 0 Å². The molecule has 0 N–H and O–H groups in total. The zero-order valence-corrected chi connectivity index (χ0v) is 17.3. The van der Waals surface area contributed by atoms with Crippen molar-refractivity contribution in [2.24, 2.45) is 0 Å². The van der Waals surface area contributed by atoms with Crippen molar-refractivity contribution in [3.63, 3.8) is 0 Å². The molecule has 0 saturated carbocycles. The van der Waals surface area contributed by atoms with Crippen molar-refractivity contribution < 1.29 is 27.4 Å². The van der Waals surface area contributed by atoms with Crippen LogP contribution in [0.15, 0.2) is 24.3 Å². The number of fused-ring (bicyclic) bond motifs is 2. The Morgan fingerprint density at radius 3 is 2.55 bits per heavy atom. The van der Waals surface area contributed by atoms with Gasteiger partial charge in [0.25, 0.3) is 0 Å². The molecule has 1 spiro atoms.